The summed E-state index contributed by atoms with van der Waals surface area (Å²) >= 11 is 2.85. The van der Waals surface area contributed by atoms with Gasteiger partial charge in [-0.1, -0.05) is 65.6 Å². The molecule has 0 saturated heterocycles. The number of nitrogens with zero attached hydrogens (tertiary/aromatic N) is 4. The molecule has 0 atom stereocenters. The van der Waals surface area contributed by atoms with Gasteiger partial charge in [0.1, 0.15) is 5.82 Å². The maximum absolute atomic E-state index is 12.3. The van der Waals surface area contributed by atoms with Crippen molar-refractivity contribution in [3.05, 3.63) is 66.0 Å². The van der Waals surface area contributed by atoms with E-state index in [9.17, 15) is 4.79 Å². The fraction of sp³-hybridized carbons (Fsp3) is 0.200. The smallest absolute Gasteiger partial charge is 0.236 e. The largest absolute Gasteiger partial charge is 0.309 e. The quantitative estimate of drug-likeness (QED) is 0.468. The second-order valence-electron chi connectivity index (χ2n) is 6.27. The number of carbonyl (C=O) groups excluding carboxylic acids is 1. The Hall–Kier alpha value is -2.71. The molecule has 2 aromatic carbocycles. The maximum atomic E-state index is 12.3. The number of para-hydroxylation sites is 1. The molecule has 2 heterocycles. The third kappa shape index (κ3) is 4.40. The van der Waals surface area contributed by atoms with Gasteiger partial charge < -0.3 is 9.88 Å². The minimum Gasteiger partial charge on any atom is -0.309 e. The molecular weight excluding hydrogens is 390 g/mol. The van der Waals surface area contributed by atoms with Gasteiger partial charge in [0.15, 0.2) is 10.3 Å². The highest BCUT2D eigenvalue weighted by Gasteiger charge is 2.13. The van der Waals surface area contributed by atoms with Crippen LogP contribution in [0.4, 0.5) is 5.13 Å². The first-order valence-corrected chi connectivity index (χ1v) is 10.7. The van der Waals surface area contributed by atoms with Crippen LogP contribution in [0.5, 0.6) is 0 Å². The lowest BCUT2D eigenvalue weighted by atomic mass is 10.1. The summed E-state index contributed by atoms with van der Waals surface area (Å²) in [6, 6.07) is 18.1. The number of nitrogens with one attached hydrogen (secondary N) is 1. The topological polar surface area (TPSA) is 72.7 Å². The highest BCUT2D eigenvalue weighted by molar-refractivity contribution is 7.99. The summed E-state index contributed by atoms with van der Waals surface area (Å²) in [7, 11) is 1.94. The van der Waals surface area contributed by atoms with Crippen molar-refractivity contribution in [2.45, 2.75) is 18.0 Å². The van der Waals surface area contributed by atoms with Gasteiger partial charge in [0, 0.05) is 13.5 Å². The van der Waals surface area contributed by atoms with Crippen LogP contribution >= 0.6 is 23.1 Å². The van der Waals surface area contributed by atoms with Gasteiger partial charge in [-0.15, -0.1) is 10.2 Å². The minimum atomic E-state index is -0.0992. The first kappa shape index (κ1) is 18.6. The highest BCUT2D eigenvalue weighted by Crippen LogP contribution is 2.25. The lowest BCUT2D eigenvalue weighted by Gasteiger charge is -2.04. The van der Waals surface area contributed by atoms with Gasteiger partial charge in [-0.3, -0.25) is 4.79 Å². The van der Waals surface area contributed by atoms with E-state index in [0.717, 1.165) is 34.0 Å². The number of fused-ring (bicyclic) bond motifs is 1. The van der Waals surface area contributed by atoms with Gasteiger partial charge in [0.05, 0.1) is 16.0 Å². The van der Waals surface area contributed by atoms with Crippen molar-refractivity contribution in [2.24, 2.45) is 7.05 Å². The van der Waals surface area contributed by atoms with Crippen LogP contribution in [0.1, 0.15) is 11.4 Å². The average Bonchev–Trinajstić information content (AvgIpc) is 3.28. The van der Waals surface area contributed by atoms with Crippen LogP contribution in [0.15, 0.2) is 59.8 Å². The predicted molar refractivity (Wildman–Crippen MR) is 114 cm³/mol. The summed E-state index contributed by atoms with van der Waals surface area (Å²) in [6.07, 6.45) is 1.72. The van der Waals surface area contributed by atoms with Gasteiger partial charge in [-0.25, -0.2) is 4.98 Å². The van der Waals surface area contributed by atoms with Gasteiger partial charge in [-0.2, -0.15) is 0 Å². The van der Waals surface area contributed by atoms with E-state index in [1.54, 1.807) is 0 Å². The second-order valence-corrected chi connectivity index (χ2v) is 8.24. The van der Waals surface area contributed by atoms with Crippen LogP contribution in [-0.2, 0) is 24.7 Å². The Bertz CT molecular complexity index is 1060. The summed E-state index contributed by atoms with van der Waals surface area (Å²) in [5.74, 6) is 1.08. The molecule has 0 saturated carbocycles. The number of hydrogen-bond acceptors (Lipinski definition) is 6. The fourth-order valence-corrected chi connectivity index (χ4v) is 4.41. The molecule has 0 aliphatic rings. The number of anilines is 1. The Kier molecular flexibility index (Phi) is 5.68. The van der Waals surface area contributed by atoms with E-state index in [0.29, 0.717) is 5.13 Å². The number of thioether (sulfide) groups is 1. The molecule has 1 N–H and O–H groups in total. The van der Waals surface area contributed by atoms with Crippen molar-refractivity contribution in [3.63, 3.8) is 0 Å². The summed E-state index contributed by atoms with van der Waals surface area (Å²) in [6.45, 7) is 0. The average molecular weight is 410 g/mol. The van der Waals surface area contributed by atoms with E-state index in [4.69, 9.17) is 0 Å². The predicted octanol–water partition coefficient (Wildman–Crippen LogP) is 3.94. The van der Waals surface area contributed by atoms with Gasteiger partial charge in [-0.05, 0) is 24.1 Å². The van der Waals surface area contributed by atoms with Crippen LogP contribution in [0.25, 0.3) is 10.2 Å². The highest BCUT2D eigenvalue weighted by atomic mass is 32.2. The number of thiazole rings is 1. The Balaban J connectivity index is 1.31. The van der Waals surface area contributed by atoms with E-state index in [2.05, 4.69) is 32.6 Å². The SMILES string of the molecule is Cn1c(CCc2ccccc2)nnc1SCC(=O)Nc1nc2ccccc2s1. The van der Waals surface area contributed by atoms with Gasteiger partial charge in [0.2, 0.25) is 5.91 Å². The van der Waals surface area contributed by atoms with Crippen molar-refractivity contribution in [1.29, 1.82) is 0 Å². The van der Waals surface area contributed by atoms with Crippen molar-refractivity contribution in [1.82, 2.24) is 19.7 Å². The molecule has 8 heteroatoms. The number of benzene rings is 2. The number of hydrogen-bond donors (Lipinski definition) is 1. The number of amides is 1. The Morgan fingerprint density at radius 1 is 1.07 bits per heavy atom. The molecule has 4 rings (SSSR count). The van der Waals surface area contributed by atoms with E-state index in [1.807, 2.05) is 54.1 Å². The van der Waals surface area contributed by atoms with E-state index in [-0.39, 0.29) is 11.7 Å². The monoisotopic (exact) mass is 409 g/mol. The van der Waals surface area contributed by atoms with Gasteiger partial charge in [0.25, 0.3) is 0 Å². The summed E-state index contributed by atoms with van der Waals surface area (Å²) < 4.78 is 3.01. The number of aryl methyl sites for hydroxylation is 2. The maximum Gasteiger partial charge on any atom is 0.236 e. The van der Waals surface area contributed by atoms with Crippen LogP contribution in [-0.4, -0.2) is 31.4 Å². The van der Waals surface area contributed by atoms with Crippen LogP contribution in [0.3, 0.4) is 0 Å². The molecule has 0 radical (unpaired) electrons. The second kappa shape index (κ2) is 8.53. The number of aromatic nitrogens is 4. The van der Waals surface area contributed by atoms with Crippen molar-refractivity contribution >= 4 is 44.4 Å². The Morgan fingerprint density at radius 2 is 1.86 bits per heavy atom. The lowest BCUT2D eigenvalue weighted by molar-refractivity contribution is -0.113. The molecule has 142 valence electrons. The molecule has 28 heavy (non-hydrogen) atoms. The standard InChI is InChI=1S/C20H19N5OS2/c1-25-17(12-11-14-7-3-2-4-8-14)23-24-20(25)27-13-18(26)22-19-21-15-9-5-6-10-16(15)28-19/h2-10H,11-13H2,1H3,(H,21,22,26). The fourth-order valence-electron chi connectivity index (χ4n) is 2.80. The van der Waals surface area contributed by atoms with Crippen LogP contribution in [0, 0.1) is 0 Å². The molecule has 0 fully saturated rings. The summed E-state index contributed by atoms with van der Waals surface area (Å²) in [5, 5.41) is 12.7. The zero-order valence-corrected chi connectivity index (χ0v) is 17.0. The molecule has 0 aliphatic heterocycles. The van der Waals surface area contributed by atoms with Crippen LogP contribution in [0.2, 0.25) is 0 Å². The lowest BCUT2D eigenvalue weighted by Crippen LogP contribution is -2.14. The summed E-state index contributed by atoms with van der Waals surface area (Å²) in [4.78, 5) is 16.7. The normalized spacial score (nSPS) is 11.0. The molecule has 0 aliphatic carbocycles. The molecular formula is C20H19N5OS2. The van der Waals surface area contributed by atoms with Crippen molar-refractivity contribution < 1.29 is 4.79 Å². The molecule has 0 bridgehead atoms. The Labute approximate surface area is 171 Å². The van der Waals surface area contributed by atoms with Crippen molar-refractivity contribution in [3.8, 4) is 0 Å². The molecule has 1 amide bonds. The van der Waals surface area contributed by atoms with Crippen molar-refractivity contribution in [2.75, 3.05) is 11.1 Å². The first-order valence-electron chi connectivity index (χ1n) is 8.89. The van der Waals surface area contributed by atoms with E-state index in [1.165, 1.54) is 28.7 Å². The molecule has 4 aromatic rings. The number of carbonyl (C=O) groups is 1. The number of rotatable bonds is 7. The third-order valence-electron chi connectivity index (χ3n) is 4.28. The van der Waals surface area contributed by atoms with E-state index >= 15 is 0 Å². The zero-order valence-electron chi connectivity index (χ0n) is 15.3. The van der Waals surface area contributed by atoms with Crippen LogP contribution < -0.4 is 5.32 Å². The molecule has 0 spiro atoms. The third-order valence-corrected chi connectivity index (χ3v) is 6.25. The molecule has 0 unspecified atom stereocenters. The summed E-state index contributed by atoms with van der Waals surface area (Å²) in [5.41, 5.74) is 2.17. The van der Waals surface area contributed by atoms with Gasteiger partial charge >= 0.3 is 0 Å². The van der Waals surface area contributed by atoms with E-state index < -0.39 is 0 Å². The Morgan fingerprint density at radius 3 is 2.68 bits per heavy atom. The first-order chi connectivity index (χ1) is 13.7. The minimum absolute atomic E-state index is 0.0992. The molecule has 2 aromatic heterocycles. The zero-order chi connectivity index (χ0) is 19.3. The molecule has 6 nitrogen and oxygen atoms in total.